The van der Waals surface area contributed by atoms with Crippen LogP contribution in [-0.2, 0) is 15.1 Å². The number of rotatable bonds is 5. The minimum atomic E-state index is -0.267. The van der Waals surface area contributed by atoms with Gasteiger partial charge in [-0.15, -0.1) is 0 Å². The number of halogens is 1. The summed E-state index contributed by atoms with van der Waals surface area (Å²) >= 11 is 6.00. The van der Waals surface area contributed by atoms with Crippen molar-refractivity contribution in [2.24, 2.45) is 0 Å². The molecule has 0 atom stereocenters. The molecule has 108 valence electrons. The van der Waals surface area contributed by atoms with Crippen LogP contribution in [0.25, 0.3) is 0 Å². The monoisotopic (exact) mass is 294 g/mol. The first-order valence-corrected chi connectivity index (χ1v) is 7.12. The number of carbonyl (C=O) groups is 2. The van der Waals surface area contributed by atoms with Gasteiger partial charge in [0.1, 0.15) is 0 Å². The molecule has 0 aliphatic carbocycles. The van der Waals surface area contributed by atoms with Gasteiger partial charge in [-0.3, -0.25) is 14.5 Å². The van der Waals surface area contributed by atoms with Crippen LogP contribution in [0.5, 0.6) is 0 Å². The topological polar surface area (TPSA) is 49.4 Å². The summed E-state index contributed by atoms with van der Waals surface area (Å²) in [7, 11) is 0. The van der Waals surface area contributed by atoms with E-state index < -0.39 is 0 Å². The van der Waals surface area contributed by atoms with E-state index in [1.54, 1.807) is 0 Å². The van der Waals surface area contributed by atoms with Crippen molar-refractivity contribution in [3.05, 3.63) is 34.9 Å². The average molecular weight is 295 g/mol. The Labute approximate surface area is 124 Å². The first kappa shape index (κ1) is 15.0. The highest BCUT2D eigenvalue weighted by atomic mass is 35.5. The predicted molar refractivity (Wildman–Crippen MR) is 78.4 cm³/mol. The molecule has 2 amide bonds. The van der Waals surface area contributed by atoms with Gasteiger partial charge in [-0.1, -0.05) is 23.7 Å². The van der Waals surface area contributed by atoms with Gasteiger partial charge in [0.25, 0.3) is 0 Å². The van der Waals surface area contributed by atoms with Gasteiger partial charge in [0, 0.05) is 36.5 Å². The van der Waals surface area contributed by atoms with Crippen molar-refractivity contribution in [2.45, 2.75) is 32.2 Å². The molecule has 5 heteroatoms. The number of carbonyl (C=O) groups excluding carboxylic acids is 2. The number of hydrogen-bond acceptors (Lipinski definition) is 3. The van der Waals surface area contributed by atoms with E-state index in [9.17, 15) is 9.59 Å². The maximum Gasteiger partial charge on any atom is 0.229 e. The zero-order valence-electron chi connectivity index (χ0n) is 11.8. The highest BCUT2D eigenvalue weighted by molar-refractivity contribution is 6.30. The van der Waals surface area contributed by atoms with Crippen molar-refractivity contribution in [3.63, 3.8) is 0 Å². The number of nitrogens with one attached hydrogen (secondary N) is 1. The molecule has 1 aromatic rings. The van der Waals surface area contributed by atoms with Crippen LogP contribution in [0.1, 0.15) is 32.3 Å². The lowest BCUT2D eigenvalue weighted by molar-refractivity contribution is -0.138. The van der Waals surface area contributed by atoms with Gasteiger partial charge in [-0.25, -0.2) is 0 Å². The molecule has 1 heterocycles. The molecule has 1 aliphatic heterocycles. The smallest absolute Gasteiger partial charge is 0.229 e. The normalized spacial score (nSPS) is 16.1. The molecular formula is C15H19ClN2O2. The Balaban J connectivity index is 1.92. The molecule has 1 aliphatic rings. The summed E-state index contributed by atoms with van der Waals surface area (Å²) < 4.78 is 0. The van der Waals surface area contributed by atoms with Crippen LogP contribution in [0.15, 0.2) is 24.3 Å². The molecule has 0 bridgehead atoms. The maximum atomic E-state index is 11.5. The Morgan fingerprint density at radius 1 is 1.25 bits per heavy atom. The van der Waals surface area contributed by atoms with E-state index in [0.29, 0.717) is 31.0 Å². The highest BCUT2D eigenvalue weighted by Gasteiger charge is 2.29. The van der Waals surface area contributed by atoms with Crippen LogP contribution in [-0.4, -0.2) is 29.8 Å². The van der Waals surface area contributed by atoms with Gasteiger partial charge in [0.2, 0.25) is 11.8 Å². The summed E-state index contributed by atoms with van der Waals surface area (Å²) in [6.45, 7) is 5.08. The average Bonchev–Trinajstić information content (AvgIpc) is 2.70. The van der Waals surface area contributed by atoms with Crippen molar-refractivity contribution in [1.82, 2.24) is 10.2 Å². The first-order chi connectivity index (χ1) is 9.40. The summed E-state index contributed by atoms with van der Waals surface area (Å²) in [4.78, 5) is 24.4. The zero-order valence-corrected chi connectivity index (χ0v) is 12.5. The molecule has 0 aromatic heterocycles. The summed E-state index contributed by atoms with van der Waals surface area (Å²) in [6, 6.07) is 7.67. The largest absolute Gasteiger partial charge is 0.306 e. The van der Waals surface area contributed by atoms with E-state index in [2.05, 4.69) is 5.32 Å². The van der Waals surface area contributed by atoms with E-state index in [-0.39, 0.29) is 17.4 Å². The Kier molecular flexibility index (Phi) is 4.45. The van der Waals surface area contributed by atoms with Gasteiger partial charge in [0.05, 0.1) is 0 Å². The lowest BCUT2D eigenvalue weighted by Gasteiger charge is -2.28. The zero-order chi connectivity index (χ0) is 14.8. The second-order valence-corrected chi connectivity index (χ2v) is 5.94. The van der Waals surface area contributed by atoms with Crippen molar-refractivity contribution in [1.29, 1.82) is 0 Å². The summed E-state index contributed by atoms with van der Waals surface area (Å²) in [5, 5.41) is 4.06. The van der Waals surface area contributed by atoms with Crippen LogP contribution in [0.4, 0.5) is 0 Å². The fraction of sp³-hybridized carbons (Fsp3) is 0.467. The number of amides is 2. The molecule has 2 rings (SSSR count). The van der Waals surface area contributed by atoms with Crippen LogP contribution in [0.2, 0.25) is 5.02 Å². The molecule has 1 saturated heterocycles. The summed E-state index contributed by atoms with van der Waals surface area (Å²) in [6.07, 6.45) is 0.688. The molecule has 1 fully saturated rings. The quantitative estimate of drug-likeness (QED) is 0.848. The molecule has 0 saturated carbocycles. The van der Waals surface area contributed by atoms with Gasteiger partial charge in [-0.05, 0) is 31.5 Å². The lowest BCUT2D eigenvalue weighted by Crippen LogP contribution is -2.43. The van der Waals surface area contributed by atoms with Gasteiger partial charge < -0.3 is 5.32 Å². The molecule has 0 radical (unpaired) electrons. The van der Waals surface area contributed by atoms with Crippen molar-refractivity contribution < 1.29 is 9.59 Å². The van der Waals surface area contributed by atoms with Crippen molar-refractivity contribution in [3.8, 4) is 0 Å². The number of hydrogen-bond donors (Lipinski definition) is 1. The van der Waals surface area contributed by atoms with E-state index in [4.69, 9.17) is 11.6 Å². The molecule has 4 nitrogen and oxygen atoms in total. The third kappa shape index (κ3) is 3.38. The molecule has 0 spiro atoms. The minimum absolute atomic E-state index is 0.0719. The molecule has 1 aromatic carbocycles. The molecular weight excluding hydrogens is 276 g/mol. The second kappa shape index (κ2) is 5.94. The van der Waals surface area contributed by atoms with E-state index >= 15 is 0 Å². The Bertz CT molecular complexity index is 512. The first-order valence-electron chi connectivity index (χ1n) is 6.74. The fourth-order valence-corrected chi connectivity index (χ4v) is 2.52. The van der Waals surface area contributed by atoms with Gasteiger partial charge in [0.15, 0.2) is 0 Å². The fourth-order valence-electron chi connectivity index (χ4n) is 2.33. The van der Waals surface area contributed by atoms with E-state index in [0.717, 1.165) is 5.56 Å². The number of benzene rings is 1. The maximum absolute atomic E-state index is 11.5. The van der Waals surface area contributed by atoms with Crippen LogP contribution in [0, 0.1) is 0 Å². The summed E-state index contributed by atoms with van der Waals surface area (Å²) in [5.74, 6) is -0.144. The third-order valence-electron chi connectivity index (χ3n) is 3.60. The standard InChI is InChI=1S/C15H19ClN2O2/c1-15(2,11-4-3-5-12(16)10-11)17-8-9-18-13(19)6-7-14(18)20/h3-5,10,17H,6-9H2,1-2H3. The minimum Gasteiger partial charge on any atom is -0.306 e. The van der Waals surface area contributed by atoms with Gasteiger partial charge in [-0.2, -0.15) is 0 Å². The molecule has 0 unspecified atom stereocenters. The Morgan fingerprint density at radius 2 is 1.90 bits per heavy atom. The Hall–Kier alpha value is -1.39. The number of nitrogens with zero attached hydrogens (tertiary/aromatic N) is 1. The predicted octanol–water partition coefficient (Wildman–Crippen LogP) is 2.31. The number of imide groups is 1. The third-order valence-corrected chi connectivity index (χ3v) is 3.84. The van der Waals surface area contributed by atoms with E-state index in [1.807, 2.05) is 38.1 Å². The summed E-state index contributed by atoms with van der Waals surface area (Å²) in [5.41, 5.74) is 0.806. The SMILES string of the molecule is CC(C)(NCCN1C(=O)CCC1=O)c1cccc(Cl)c1. The number of likely N-dealkylation sites (tertiary alicyclic amines) is 1. The Morgan fingerprint density at radius 3 is 2.50 bits per heavy atom. The lowest BCUT2D eigenvalue weighted by atomic mass is 9.94. The highest BCUT2D eigenvalue weighted by Crippen LogP contribution is 2.22. The van der Waals surface area contributed by atoms with Crippen LogP contribution < -0.4 is 5.32 Å². The molecule has 1 N–H and O–H groups in total. The van der Waals surface area contributed by atoms with E-state index in [1.165, 1.54) is 4.90 Å². The van der Waals surface area contributed by atoms with Crippen LogP contribution >= 0.6 is 11.6 Å². The van der Waals surface area contributed by atoms with Crippen molar-refractivity contribution in [2.75, 3.05) is 13.1 Å². The van der Waals surface area contributed by atoms with Crippen molar-refractivity contribution >= 4 is 23.4 Å². The second-order valence-electron chi connectivity index (χ2n) is 5.50. The van der Waals surface area contributed by atoms with Crippen LogP contribution in [0.3, 0.4) is 0 Å². The molecule has 20 heavy (non-hydrogen) atoms. The van der Waals surface area contributed by atoms with Gasteiger partial charge >= 0.3 is 0 Å².